The van der Waals surface area contributed by atoms with Gasteiger partial charge in [-0.1, -0.05) is 271 Å². The molecule has 1 N–H and O–H groups in total. The molecule has 9 nitrogen and oxygen atoms in total. The highest BCUT2D eigenvalue weighted by molar-refractivity contribution is 7.47. The first-order chi connectivity index (χ1) is 38.0. The molecular formula is C68H119NO8P+. The van der Waals surface area contributed by atoms with Gasteiger partial charge in [0.2, 0.25) is 0 Å². The van der Waals surface area contributed by atoms with E-state index < -0.39 is 26.5 Å². The minimum absolute atomic E-state index is 0.0204. The Balaban J connectivity index is 4.23. The zero-order valence-electron chi connectivity index (χ0n) is 50.9. The Morgan fingerprint density at radius 3 is 1.09 bits per heavy atom. The highest BCUT2D eigenvalue weighted by atomic mass is 31.2. The van der Waals surface area contributed by atoms with Crippen molar-refractivity contribution in [1.29, 1.82) is 0 Å². The van der Waals surface area contributed by atoms with E-state index >= 15 is 0 Å². The van der Waals surface area contributed by atoms with Crippen LogP contribution in [0.3, 0.4) is 0 Å². The molecular weight excluding hydrogens is 990 g/mol. The first-order valence-electron chi connectivity index (χ1n) is 31.6. The van der Waals surface area contributed by atoms with E-state index in [1.165, 1.54) is 128 Å². The molecule has 0 aliphatic carbocycles. The van der Waals surface area contributed by atoms with E-state index in [2.05, 4.69) is 123 Å². The molecule has 0 saturated heterocycles. The third kappa shape index (κ3) is 61.9. The Hall–Kier alpha value is -3.33. The largest absolute Gasteiger partial charge is 0.472 e. The van der Waals surface area contributed by atoms with Crippen molar-refractivity contribution < 1.29 is 42.1 Å². The van der Waals surface area contributed by atoms with E-state index in [1.54, 1.807) is 0 Å². The number of allylic oxidation sites excluding steroid dienone is 18. The number of quaternary nitrogens is 1. The number of phosphoric ester groups is 1. The van der Waals surface area contributed by atoms with Crippen LogP contribution in [-0.2, 0) is 32.7 Å². The normalized spacial score (nSPS) is 14.0. The molecule has 0 aliphatic heterocycles. The van der Waals surface area contributed by atoms with Gasteiger partial charge in [-0.05, 0) is 83.5 Å². The number of carbonyl (C=O) groups excluding carboxylic acids is 2. The summed E-state index contributed by atoms with van der Waals surface area (Å²) in [5.74, 6) is -0.834. The smallest absolute Gasteiger partial charge is 0.462 e. The molecule has 0 fully saturated rings. The van der Waals surface area contributed by atoms with Crippen molar-refractivity contribution in [2.24, 2.45) is 0 Å². The number of hydrogen-bond donors (Lipinski definition) is 1. The minimum Gasteiger partial charge on any atom is -0.462 e. The van der Waals surface area contributed by atoms with Crippen LogP contribution in [0, 0.1) is 0 Å². The number of likely N-dealkylation sites (N-methyl/N-ethyl adjacent to an activating group) is 1. The molecule has 0 rings (SSSR count). The summed E-state index contributed by atoms with van der Waals surface area (Å²) >= 11 is 0. The monoisotopic (exact) mass is 1110 g/mol. The van der Waals surface area contributed by atoms with Gasteiger partial charge in [0.15, 0.2) is 6.10 Å². The molecule has 0 aromatic carbocycles. The number of unbranched alkanes of at least 4 members (excludes halogenated alkanes) is 25. The van der Waals surface area contributed by atoms with Gasteiger partial charge in [0.05, 0.1) is 27.7 Å². The second-order valence-corrected chi connectivity index (χ2v) is 23.5. The number of carbonyl (C=O) groups is 2. The van der Waals surface area contributed by atoms with Gasteiger partial charge in [-0.3, -0.25) is 18.6 Å². The van der Waals surface area contributed by atoms with Crippen molar-refractivity contribution in [3.8, 4) is 0 Å². The van der Waals surface area contributed by atoms with Crippen molar-refractivity contribution in [3.05, 3.63) is 109 Å². The molecule has 0 spiro atoms. The molecule has 0 saturated carbocycles. The predicted octanol–water partition coefficient (Wildman–Crippen LogP) is 20.2. The molecule has 2 atom stereocenters. The third-order valence-corrected chi connectivity index (χ3v) is 14.3. The minimum atomic E-state index is -4.40. The Morgan fingerprint density at radius 2 is 0.731 bits per heavy atom. The summed E-state index contributed by atoms with van der Waals surface area (Å²) in [7, 11) is 1.45. The fraction of sp³-hybridized carbons (Fsp3) is 0.706. The van der Waals surface area contributed by atoms with Gasteiger partial charge in [0, 0.05) is 12.8 Å². The summed E-state index contributed by atoms with van der Waals surface area (Å²) < 4.78 is 34.6. The van der Waals surface area contributed by atoms with Crippen LogP contribution in [0.1, 0.15) is 258 Å². The Labute approximate surface area is 480 Å². The summed E-state index contributed by atoms with van der Waals surface area (Å²) in [5, 5.41) is 0. The van der Waals surface area contributed by atoms with Crippen LogP contribution in [-0.4, -0.2) is 74.9 Å². The van der Waals surface area contributed by atoms with E-state index in [9.17, 15) is 19.0 Å². The maximum absolute atomic E-state index is 12.8. The van der Waals surface area contributed by atoms with Crippen LogP contribution in [0.15, 0.2) is 109 Å². The van der Waals surface area contributed by atoms with Crippen molar-refractivity contribution in [3.63, 3.8) is 0 Å². The van der Waals surface area contributed by atoms with Crippen molar-refractivity contribution in [1.82, 2.24) is 0 Å². The number of phosphoric acid groups is 1. The fourth-order valence-corrected chi connectivity index (χ4v) is 9.22. The molecule has 0 aliphatic rings. The Morgan fingerprint density at radius 1 is 0.410 bits per heavy atom. The molecule has 448 valence electrons. The molecule has 78 heavy (non-hydrogen) atoms. The van der Waals surface area contributed by atoms with Gasteiger partial charge >= 0.3 is 19.8 Å². The summed E-state index contributed by atoms with van der Waals surface area (Å²) in [6.45, 7) is 4.30. The summed E-state index contributed by atoms with van der Waals surface area (Å²) in [6.07, 6.45) is 81.7. The number of hydrogen-bond acceptors (Lipinski definition) is 7. The van der Waals surface area contributed by atoms with Crippen molar-refractivity contribution >= 4 is 19.8 Å². The van der Waals surface area contributed by atoms with Crippen LogP contribution in [0.4, 0.5) is 0 Å². The van der Waals surface area contributed by atoms with E-state index in [-0.39, 0.29) is 32.0 Å². The molecule has 0 radical (unpaired) electrons. The quantitative estimate of drug-likeness (QED) is 0.0211. The van der Waals surface area contributed by atoms with Gasteiger partial charge in [-0.2, -0.15) is 0 Å². The number of rotatable bonds is 57. The van der Waals surface area contributed by atoms with E-state index in [4.69, 9.17) is 18.5 Å². The van der Waals surface area contributed by atoms with Gasteiger partial charge < -0.3 is 18.9 Å². The zero-order chi connectivity index (χ0) is 57.0. The first kappa shape index (κ1) is 74.7. The zero-order valence-corrected chi connectivity index (χ0v) is 51.8. The van der Waals surface area contributed by atoms with E-state index in [0.29, 0.717) is 17.4 Å². The second kappa shape index (κ2) is 58.3. The Kier molecular flexibility index (Phi) is 55.8. The van der Waals surface area contributed by atoms with Crippen LogP contribution < -0.4 is 0 Å². The van der Waals surface area contributed by atoms with Gasteiger partial charge in [-0.15, -0.1) is 0 Å². The fourth-order valence-electron chi connectivity index (χ4n) is 8.48. The average molecular weight is 1110 g/mol. The standard InChI is InChI=1S/C68H118NO8P/c1-6-8-10-12-14-16-18-20-22-24-26-28-30-31-32-33-34-35-36-37-39-41-43-45-47-49-51-53-55-57-59-61-68(71)77-66(65-76-78(72,73)75-63-62-69(3,4)5)64-74-67(70)60-58-56-54-52-50-48-46-44-42-40-38-29-27-25-23-21-19-17-15-13-11-9-7-2/h8,10,14,16,20,22,26,28,31-32,34-35,37,39,43,45,49,51,66H,6-7,9,11-13,15,17-19,21,23-25,27,29-30,33,36,38,40-42,44,46-48,50,52-65H2,1-5H3/p+1/b10-8-,16-14-,22-20-,28-26-,32-31-,35-34-,39-37-,45-43-,51-49-. The number of nitrogens with zero attached hydrogens (tertiary/aromatic N) is 1. The maximum Gasteiger partial charge on any atom is 0.472 e. The van der Waals surface area contributed by atoms with Crippen LogP contribution in [0.2, 0.25) is 0 Å². The third-order valence-electron chi connectivity index (χ3n) is 13.3. The van der Waals surface area contributed by atoms with Gasteiger partial charge in [0.1, 0.15) is 19.8 Å². The lowest BCUT2D eigenvalue weighted by Crippen LogP contribution is -2.37. The van der Waals surface area contributed by atoms with E-state index in [1.807, 2.05) is 21.1 Å². The lowest BCUT2D eigenvalue weighted by atomic mass is 10.0. The maximum atomic E-state index is 12.8. The molecule has 0 aromatic rings. The van der Waals surface area contributed by atoms with Gasteiger partial charge in [-0.25, -0.2) is 4.57 Å². The molecule has 0 bridgehead atoms. The summed E-state index contributed by atoms with van der Waals surface area (Å²) in [4.78, 5) is 35.8. The van der Waals surface area contributed by atoms with Crippen LogP contribution in [0.5, 0.6) is 0 Å². The second-order valence-electron chi connectivity index (χ2n) is 22.1. The lowest BCUT2D eigenvalue weighted by molar-refractivity contribution is -0.870. The van der Waals surface area contributed by atoms with Crippen molar-refractivity contribution in [2.75, 3.05) is 47.5 Å². The highest BCUT2D eigenvalue weighted by Gasteiger charge is 2.27. The highest BCUT2D eigenvalue weighted by Crippen LogP contribution is 2.43. The molecule has 10 heteroatoms. The van der Waals surface area contributed by atoms with Gasteiger partial charge in [0.25, 0.3) is 0 Å². The molecule has 0 amide bonds. The summed E-state index contributed by atoms with van der Waals surface area (Å²) in [5.41, 5.74) is 0. The Bertz CT molecular complexity index is 1680. The SMILES string of the molecule is CC/C=C\C/C=C\C/C=C\C/C=C\C/C=C\C/C=C\C/C=C\C/C=C\C/C=C\CCCCCC(=O)OC(COC(=O)CCCCCCCCCCCCCCCCCCCCCCCCC)COP(=O)(O)OCC[N+](C)(C)C. The summed E-state index contributed by atoms with van der Waals surface area (Å²) in [6, 6.07) is 0. The lowest BCUT2D eigenvalue weighted by Gasteiger charge is -2.24. The number of ether oxygens (including phenoxy) is 2. The molecule has 0 aromatic heterocycles. The van der Waals surface area contributed by atoms with Crippen LogP contribution in [0.25, 0.3) is 0 Å². The van der Waals surface area contributed by atoms with Crippen molar-refractivity contribution in [2.45, 2.75) is 264 Å². The molecule has 0 heterocycles. The van der Waals surface area contributed by atoms with Crippen LogP contribution >= 0.6 is 7.82 Å². The number of esters is 2. The topological polar surface area (TPSA) is 108 Å². The predicted molar refractivity (Wildman–Crippen MR) is 335 cm³/mol. The molecule has 2 unspecified atom stereocenters. The first-order valence-corrected chi connectivity index (χ1v) is 33.1. The average Bonchev–Trinajstić information content (AvgIpc) is 3.40. The van der Waals surface area contributed by atoms with E-state index in [0.717, 1.165) is 96.3 Å².